The number of amides is 2. The molecule has 0 saturated carbocycles. The maximum Gasteiger partial charge on any atom is 0.227 e. The molecule has 0 unspecified atom stereocenters. The molecule has 4 aromatic rings. The Bertz CT molecular complexity index is 1360. The van der Waals surface area contributed by atoms with E-state index in [4.69, 9.17) is 14.0 Å². The predicted octanol–water partition coefficient (Wildman–Crippen LogP) is 4.30. The average Bonchev–Trinajstić information content (AvgIpc) is 3.57. The molecule has 0 radical (unpaired) electrons. The zero-order chi connectivity index (χ0) is 26.0. The van der Waals surface area contributed by atoms with E-state index in [-0.39, 0.29) is 31.1 Å². The van der Waals surface area contributed by atoms with E-state index in [9.17, 15) is 9.59 Å². The van der Waals surface area contributed by atoms with Gasteiger partial charge in [-0.3, -0.25) is 9.59 Å². The Morgan fingerprint density at radius 3 is 2.49 bits per heavy atom. The Balaban J connectivity index is 1.20. The molecule has 2 amide bonds. The SMILES string of the molecule is COc1ccccc1NC(=O)CCSc1nnc(NC(=O)CCc2nc(-c3ccccc3OC)no2)s1. The highest BCUT2D eigenvalue weighted by molar-refractivity contribution is 8.01. The van der Waals surface area contributed by atoms with Crippen LogP contribution in [0.25, 0.3) is 11.4 Å². The molecule has 0 spiro atoms. The Morgan fingerprint density at radius 1 is 0.946 bits per heavy atom. The van der Waals surface area contributed by atoms with Crippen molar-refractivity contribution in [1.29, 1.82) is 0 Å². The van der Waals surface area contributed by atoms with Crippen LogP contribution in [0.1, 0.15) is 18.7 Å². The van der Waals surface area contributed by atoms with Crippen LogP contribution in [0, 0.1) is 0 Å². The molecule has 37 heavy (non-hydrogen) atoms. The van der Waals surface area contributed by atoms with E-state index >= 15 is 0 Å². The van der Waals surface area contributed by atoms with Crippen LogP contribution in [0.5, 0.6) is 11.5 Å². The van der Waals surface area contributed by atoms with Crippen LogP contribution in [0.15, 0.2) is 57.4 Å². The summed E-state index contributed by atoms with van der Waals surface area (Å²) in [5.74, 6) is 2.10. The van der Waals surface area contributed by atoms with Crippen LogP contribution in [0.3, 0.4) is 0 Å². The summed E-state index contributed by atoms with van der Waals surface area (Å²) in [4.78, 5) is 28.9. The van der Waals surface area contributed by atoms with Crippen molar-refractivity contribution in [2.24, 2.45) is 0 Å². The smallest absolute Gasteiger partial charge is 0.227 e. The third-order valence-electron chi connectivity index (χ3n) is 4.97. The van der Waals surface area contributed by atoms with Gasteiger partial charge in [0, 0.05) is 25.0 Å². The lowest BCUT2D eigenvalue weighted by molar-refractivity contribution is -0.116. The lowest BCUT2D eigenvalue weighted by Gasteiger charge is -2.09. The topological polar surface area (TPSA) is 141 Å². The Hall–Kier alpha value is -3.97. The number of aromatic nitrogens is 4. The molecule has 13 heteroatoms. The molecule has 0 saturated heterocycles. The van der Waals surface area contributed by atoms with Gasteiger partial charge < -0.3 is 24.6 Å². The number of hydrogen-bond acceptors (Lipinski definition) is 11. The van der Waals surface area contributed by atoms with Gasteiger partial charge in [0.15, 0.2) is 4.34 Å². The molecule has 0 bridgehead atoms. The zero-order valence-electron chi connectivity index (χ0n) is 20.1. The number of methoxy groups -OCH3 is 2. The molecule has 0 aliphatic rings. The molecule has 2 N–H and O–H groups in total. The predicted molar refractivity (Wildman–Crippen MR) is 140 cm³/mol. The van der Waals surface area contributed by atoms with Crippen LogP contribution in [0.4, 0.5) is 10.8 Å². The van der Waals surface area contributed by atoms with Gasteiger partial charge in [-0.05, 0) is 24.3 Å². The van der Waals surface area contributed by atoms with E-state index in [2.05, 4.69) is 31.0 Å². The van der Waals surface area contributed by atoms with E-state index in [0.29, 0.717) is 49.7 Å². The molecule has 0 aliphatic heterocycles. The van der Waals surface area contributed by atoms with Crippen LogP contribution in [-0.4, -0.2) is 52.1 Å². The van der Waals surface area contributed by atoms with E-state index in [1.54, 1.807) is 26.4 Å². The molecule has 2 heterocycles. The first kappa shape index (κ1) is 26.1. The van der Waals surface area contributed by atoms with Crippen molar-refractivity contribution in [2.45, 2.75) is 23.6 Å². The van der Waals surface area contributed by atoms with Crippen molar-refractivity contribution in [3.05, 3.63) is 54.4 Å². The number of ether oxygens (including phenoxy) is 2. The molecule has 2 aromatic carbocycles. The van der Waals surface area contributed by atoms with Gasteiger partial charge in [0.1, 0.15) is 11.5 Å². The van der Waals surface area contributed by atoms with Gasteiger partial charge in [0.05, 0.1) is 25.5 Å². The van der Waals surface area contributed by atoms with Crippen LogP contribution < -0.4 is 20.1 Å². The number of nitrogens with one attached hydrogen (secondary N) is 2. The molecule has 2 aromatic heterocycles. The highest BCUT2D eigenvalue weighted by atomic mass is 32.2. The van der Waals surface area contributed by atoms with Crippen molar-refractivity contribution in [3.63, 3.8) is 0 Å². The highest BCUT2D eigenvalue weighted by Crippen LogP contribution is 2.28. The Morgan fingerprint density at radius 2 is 1.68 bits per heavy atom. The van der Waals surface area contributed by atoms with Crippen molar-refractivity contribution in [1.82, 2.24) is 20.3 Å². The van der Waals surface area contributed by atoms with Gasteiger partial charge in [-0.15, -0.1) is 10.2 Å². The molecule has 0 aliphatic carbocycles. The number of nitrogens with zero attached hydrogens (tertiary/aromatic N) is 4. The number of rotatable bonds is 12. The minimum absolute atomic E-state index is 0.134. The lowest BCUT2D eigenvalue weighted by Crippen LogP contribution is -2.12. The minimum Gasteiger partial charge on any atom is -0.496 e. The summed E-state index contributed by atoms with van der Waals surface area (Å²) in [6.07, 6.45) is 0.694. The molecular formula is C24H24N6O5S2. The fourth-order valence-electron chi connectivity index (χ4n) is 3.21. The zero-order valence-corrected chi connectivity index (χ0v) is 21.7. The van der Waals surface area contributed by atoms with Crippen molar-refractivity contribution >= 4 is 45.7 Å². The molecule has 4 rings (SSSR count). The average molecular weight is 541 g/mol. The first-order valence-corrected chi connectivity index (χ1v) is 13.0. The maximum absolute atomic E-state index is 12.3. The summed E-state index contributed by atoms with van der Waals surface area (Å²) in [5.41, 5.74) is 1.33. The van der Waals surface area contributed by atoms with E-state index < -0.39 is 0 Å². The van der Waals surface area contributed by atoms with Crippen molar-refractivity contribution in [2.75, 3.05) is 30.6 Å². The van der Waals surface area contributed by atoms with Gasteiger partial charge in [-0.2, -0.15) is 4.98 Å². The fraction of sp³-hybridized carbons (Fsp3) is 0.250. The quantitative estimate of drug-likeness (QED) is 0.197. The monoisotopic (exact) mass is 540 g/mol. The van der Waals surface area contributed by atoms with Gasteiger partial charge in [-0.1, -0.05) is 52.5 Å². The maximum atomic E-state index is 12.3. The van der Waals surface area contributed by atoms with Crippen molar-refractivity contribution in [3.8, 4) is 22.9 Å². The number of hydrogen-bond donors (Lipinski definition) is 2. The molecular weight excluding hydrogens is 516 g/mol. The van der Waals surface area contributed by atoms with E-state index in [0.717, 1.165) is 0 Å². The summed E-state index contributed by atoms with van der Waals surface area (Å²) in [6, 6.07) is 14.6. The van der Waals surface area contributed by atoms with E-state index in [1.165, 1.54) is 23.1 Å². The van der Waals surface area contributed by atoms with Crippen LogP contribution in [0.2, 0.25) is 0 Å². The third-order valence-corrected chi connectivity index (χ3v) is 6.94. The van der Waals surface area contributed by atoms with Gasteiger partial charge in [0.25, 0.3) is 0 Å². The number of carbonyl (C=O) groups excluding carboxylic acids is 2. The van der Waals surface area contributed by atoms with Gasteiger partial charge in [-0.25, -0.2) is 0 Å². The normalized spacial score (nSPS) is 10.6. The van der Waals surface area contributed by atoms with Crippen LogP contribution in [-0.2, 0) is 16.0 Å². The number of para-hydroxylation sites is 3. The number of thioether (sulfide) groups is 1. The second-order valence-electron chi connectivity index (χ2n) is 7.48. The summed E-state index contributed by atoms with van der Waals surface area (Å²) in [6.45, 7) is 0. The second-order valence-corrected chi connectivity index (χ2v) is 9.80. The second kappa shape index (κ2) is 12.8. The highest BCUT2D eigenvalue weighted by Gasteiger charge is 2.15. The Kier molecular flexibility index (Phi) is 9.05. The first-order chi connectivity index (χ1) is 18.1. The van der Waals surface area contributed by atoms with E-state index in [1.807, 2.05) is 36.4 Å². The van der Waals surface area contributed by atoms with Crippen LogP contribution >= 0.6 is 23.1 Å². The summed E-state index contributed by atoms with van der Waals surface area (Å²) in [5, 5.41) is 18.0. The molecule has 0 atom stereocenters. The number of aryl methyl sites for hydroxylation is 1. The van der Waals surface area contributed by atoms with Crippen molar-refractivity contribution < 1.29 is 23.6 Å². The largest absolute Gasteiger partial charge is 0.496 e. The Labute approximate surface area is 221 Å². The fourth-order valence-corrected chi connectivity index (χ4v) is 4.98. The molecule has 0 fully saturated rings. The number of carbonyl (C=O) groups is 2. The minimum atomic E-state index is -0.249. The first-order valence-electron chi connectivity index (χ1n) is 11.2. The summed E-state index contributed by atoms with van der Waals surface area (Å²) in [7, 11) is 3.12. The summed E-state index contributed by atoms with van der Waals surface area (Å²) >= 11 is 2.63. The third kappa shape index (κ3) is 7.27. The van der Waals surface area contributed by atoms with Gasteiger partial charge >= 0.3 is 0 Å². The molecule has 192 valence electrons. The van der Waals surface area contributed by atoms with Gasteiger partial charge in [0.2, 0.25) is 28.7 Å². The summed E-state index contributed by atoms with van der Waals surface area (Å²) < 4.78 is 16.5. The number of benzene rings is 2. The lowest BCUT2D eigenvalue weighted by atomic mass is 10.2. The number of anilines is 2. The molecule has 11 nitrogen and oxygen atoms in total. The standard InChI is InChI=1S/C24H24N6O5S2/c1-33-17-9-5-3-7-15(17)22-27-21(35-30-22)12-11-19(31)26-23-28-29-24(37-23)36-14-13-20(32)25-16-8-4-6-10-18(16)34-2/h3-10H,11-14H2,1-2H3,(H,25,32)(H,26,28,31).